The van der Waals surface area contributed by atoms with Crippen molar-refractivity contribution in [3.63, 3.8) is 0 Å². The molecule has 0 aliphatic heterocycles. The van der Waals surface area contributed by atoms with Gasteiger partial charge in [0.1, 0.15) is 0 Å². The van der Waals surface area contributed by atoms with Crippen molar-refractivity contribution in [1.82, 2.24) is 10.2 Å². The highest BCUT2D eigenvalue weighted by atomic mass is 16.5. The number of methoxy groups -OCH3 is 2. The van der Waals surface area contributed by atoms with Crippen molar-refractivity contribution in [2.45, 2.75) is 38.3 Å². The van der Waals surface area contributed by atoms with Crippen molar-refractivity contribution in [3.8, 4) is 11.5 Å². The lowest BCUT2D eigenvalue weighted by Crippen LogP contribution is -2.42. The molecular weight excluding hydrogens is 264 g/mol. The first-order valence-electron chi connectivity index (χ1n) is 7.85. The van der Waals surface area contributed by atoms with Crippen LogP contribution in [0.15, 0.2) is 18.2 Å². The quantitative estimate of drug-likeness (QED) is 0.799. The minimum absolute atomic E-state index is 0.320. The zero-order chi connectivity index (χ0) is 15.2. The summed E-state index contributed by atoms with van der Waals surface area (Å²) in [5.41, 5.74) is 1.25. The third kappa shape index (κ3) is 3.89. The average Bonchev–Trinajstić information content (AvgIpc) is 2.44. The van der Waals surface area contributed by atoms with Crippen LogP contribution in [-0.2, 0) is 0 Å². The van der Waals surface area contributed by atoms with Gasteiger partial charge in [-0.1, -0.05) is 19.4 Å². The van der Waals surface area contributed by atoms with Gasteiger partial charge in [0.2, 0.25) is 0 Å². The van der Waals surface area contributed by atoms with E-state index in [1.165, 1.54) is 24.8 Å². The third-order valence-electron chi connectivity index (χ3n) is 4.43. The standard InChI is InChI=1S/C17H28N2O2/c1-5-18-15(12-19(2)14-7-6-8-14)13-9-10-16(20-3)17(11-13)21-4/h9-11,14-15,18H,5-8,12H2,1-4H3. The van der Waals surface area contributed by atoms with Crippen molar-refractivity contribution in [2.75, 3.05) is 34.4 Å². The number of hydrogen-bond acceptors (Lipinski definition) is 4. The molecule has 2 rings (SSSR count). The normalized spacial score (nSPS) is 16.6. The maximum atomic E-state index is 5.42. The molecule has 1 unspecified atom stereocenters. The summed E-state index contributed by atoms with van der Waals surface area (Å²) in [6.07, 6.45) is 4.04. The highest BCUT2D eigenvalue weighted by molar-refractivity contribution is 5.43. The summed E-state index contributed by atoms with van der Waals surface area (Å²) in [6, 6.07) is 7.28. The number of ether oxygens (including phenoxy) is 2. The fourth-order valence-corrected chi connectivity index (χ4v) is 2.87. The molecule has 118 valence electrons. The molecular formula is C17H28N2O2. The molecule has 1 saturated carbocycles. The number of benzene rings is 1. The minimum Gasteiger partial charge on any atom is -0.493 e. The Kier molecular flexibility index (Phi) is 5.88. The lowest BCUT2D eigenvalue weighted by Gasteiger charge is -2.37. The van der Waals surface area contributed by atoms with Gasteiger partial charge in [-0.2, -0.15) is 0 Å². The van der Waals surface area contributed by atoms with Crippen molar-refractivity contribution in [2.24, 2.45) is 0 Å². The van der Waals surface area contributed by atoms with Crippen molar-refractivity contribution in [3.05, 3.63) is 23.8 Å². The molecule has 21 heavy (non-hydrogen) atoms. The summed E-state index contributed by atoms with van der Waals surface area (Å²) in [5, 5.41) is 3.58. The topological polar surface area (TPSA) is 33.7 Å². The largest absolute Gasteiger partial charge is 0.493 e. The van der Waals surface area contributed by atoms with Gasteiger partial charge in [-0.15, -0.1) is 0 Å². The number of nitrogens with zero attached hydrogens (tertiary/aromatic N) is 1. The Morgan fingerprint density at radius 1 is 1.24 bits per heavy atom. The van der Waals surface area contributed by atoms with Gasteiger partial charge in [0.05, 0.1) is 14.2 Å². The Labute approximate surface area is 128 Å². The number of likely N-dealkylation sites (N-methyl/N-ethyl adjacent to an activating group) is 2. The van der Waals surface area contributed by atoms with Gasteiger partial charge >= 0.3 is 0 Å². The fraction of sp³-hybridized carbons (Fsp3) is 0.647. The molecule has 0 heterocycles. The molecule has 0 bridgehead atoms. The predicted octanol–water partition coefficient (Wildman–Crippen LogP) is 2.84. The summed E-state index contributed by atoms with van der Waals surface area (Å²) in [4.78, 5) is 2.48. The van der Waals surface area contributed by atoms with Gasteiger partial charge in [0, 0.05) is 18.6 Å². The van der Waals surface area contributed by atoms with Crippen LogP contribution in [0.4, 0.5) is 0 Å². The van der Waals surface area contributed by atoms with E-state index in [4.69, 9.17) is 9.47 Å². The number of hydrogen-bond donors (Lipinski definition) is 1. The molecule has 4 nitrogen and oxygen atoms in total. The van der Waals surface area contributed by atoms with Crippen LogP contribution in [-0.4, -0.2) is 45.3 Å². The summed E-state index contributed by atoms with van der Waals surface area (Å²) in [6.45, 7) is 4.13. The van der Waals surface area contributed by atoms with E-state index in [0.717, 1.165) is 30.6 Å². The summed E-state index contributed by atoms with van der Waals surface area (Å²) >= 11 is 0. The van der Waals surface area contributed by atoms with Crippen molar-refractivity contribution < 1.29 is 9.47 Å². The van der Waals surface area contributed by atoms with Gasteiger partial charge in [-0.05, 0) is 44.1 Å². The van der Waals surface area contributed by atoms with Crippen LogP contribution in [0.2, 0.25) is 0 Å². The van der Waals surface area contributed by atoms with Crippen LogP contribution in [0.3, 0.4) is 0 Å². The molecule has 0 radical (unpaired) electrons. The predicted molar refractivity (Wildman–Crippen MR) is 86.2 cm³/mol. The Bertz CT molecular complexity index is 446. The Hall–Kier alpha value is -1.26. The molecule has 0 amide bonds. The van der Waals surface area contributed by atoms with Gasteiger partial charge in [0.15, 0.2) is 11.5 Å². The molecule has 1 fully saturated rings. The Balaban J connectivity index is 2.12. The first-order valence-corrected chi connectivity index (χ1v) is 7.85. The van der Waals surface area contributed by atoms with Crippen LogP contribution in [0.5, 0.6) is 11.5 Å². The van der Waals surface area contributed by atoms with Crippen molar-refractivity contribution in [1.29, 1.82) is 0 Å². The molecule has 0 aromatic heterocycles. The average molecular weight is 292 g/mol. The second kappa shape index (κ2) is 7.66. The van der Waals surface area contributed by atoms with Gasteiger partial charge in [-0.25, -0.2) is 0 Å². The van der Waals surface area contributed by atoms with Crippen molar-refractivity contribution >= 4 is 0 Å². The second-order valence-electron chi connectivity index (χ2n) is 5.75. The SMILES string of the molecule is CCNC(CN(C)C1CCC1)c1ccc(OC)c(OC)c1. The molecule has 1 aliphatic rings. The van der Waals surface area contributed by atoms with Crippen LogP contribution in [0, 0.1) is 0 Å². The molecule has 1 aromatic rings. The number of nitrogens with one attached hydrogen (secondary N) is 1. The van der Waals surface area contributed by atoms with E-state index in [1.807, 2.05) is 6.07 Å². The first-order chi connectivity index (χ1) is 10.2. The van der Waals surface area contributed by atoms with E-state index in [9.17, 15) is 0 Å². The maximum absolute atomic E-state index is 5.42. The smallest absolute Gasteiger partial charge is 0.161 e. The molecule has 0 spiro atoms. The third-order valence-corrected chi connectivity index (χ3v) is 4.43. The van der Waals surface area contributed by atoms with Crippen LogP contribution < -0.4 is 14.8 Å². The lowest BCUT2D eigenvalue weighted by molar-refractivity contribution is 0.145. The fourth-order valence-electron chi connectivity index (χ4n) is 2.87. The Morgan fingerprint density at radius 2 is 1.95 bits per heavy atom. The monoisotopic (exact) mass is 292 g/mol. The van der Waals surface area contributed by atoms with E-state index in [-0.39, 0.29) is 0 Å². The van der Waals surface area contributed by atoms with Crippen LogP contribution in [0.25, 0.3) is 0 Å². The van der Waals surface area contributed by atoms with Gasteiger partial charge in [0.25, 0.3) is 0 Å². The van der Waals surface area contributed by atoms with E-state index >= 15 is 0 Å². The maximum Gasteiger partial charge on any atom is 0.161 e. The van der Waals surface area contributed by atoms with Gasteiger partial charge in [-0.3, -0.25) is 0 Å². The molecule has 4 heteroatoms. The lowest BCUT2D eigenvalue weighted by atomic mass is 9.91. The first kappa shape index (κ1) is 16.1. The van der Waals surface area contributed by atoms with Crippen LogP contribution in [0.1, 0.15) is 37.8 Å². The van der Waals surface area contributed by atoms with E-state index in [1.54, 1.807) is 14.2 Å². The minimum atomic E-state index is 0.320. The summed E-state index contributed by atoms with van der Waals surface area (Å²) in [7, 11) is 5.59. The Morgan fingerprint density at radius 3 is 2.48 bits per heavy atom. The molecule has 0 saturated heterocycles. The summed E-state index contributed by atoms with van der Waals surface area (Å²) in [5.74, 6) is 1.58. The molecule has 1 aliphatic carbocycles. The van der Waals surface area contributed by atoms with Gasteiger partial charge < -0.3 is 19.7 Å². The molecule has 1 N–H and O–H groups in total. The van der Waals surface area contributed by atoms with E-state index < -0.39 is 0 Å². The second-order valence-corrected chi connectivity index (χ2v) is 5.75. The number of rotatable bonds is 8. The highest BCUT2D eigenvalue weighted by Crippen LogP contribution is 2.31. The van der Waals surface area contributed by atoms with E-state index in [0.29, 0.717) is 6.04 Å². The summed E-state index contributed by atoms with van der Waals surface area (Å²) < 4.78 is 10.7. The zero-order valence-electron chi connectivity index (χ0n) is 13.7. The van der Waals surface area contributed by atoms with Crippen LogP contribution >= 0.6 is 0 Å². The molecule has 1 atom stereocenters. The molecule has 1 aromatic carbocycles. The highest BCUT2D eigenvalue weighted by Gasteiger charge is 2.24. The van der Waals surface area contributed by atoms with E-state index in [2.05, 4.69) is 36.3 Å². The zero-order valence-corrected chi connectivity index (χ0v) is 13.7.